The van der Waals surface area contributed by atoms with E-state index in [1.807, 2.05) is 13.8 Å². The third-order valence-corrected chi connectivity index (χ3v) is 5.48. The van der Waals surface area contributed by atoms with Gasteiger partial charge < -0.3 is 10.5 Å². The number of aryl methyl sites for hydroxylation is 2. The molecule has 0 heterocycles. The van der Waals surface area contributed by atoms with Crippen LogP contribution in [0.4, 0.5) is 0 Å². The van der Waals surface area contributed by atoms with Crippen LogP contribution >= 0.6 is 0 Å². The van der Waals surface area contributed by atoms with E-state index in [0.717, 1.165) is 11.1 Å². The number of ether oxygens (including phenoxy) is 1. The number of carbonyl (C=O) groups is 2. The molecular weight excluding hydrogens is 368 g/mol. The third-order valence-electron chi connectivity index (χ3n) is 4.02. The Morgan fingerprint density at radius 1 is 1.07 bits per heavy atom. The average Bonchev–Trinajstić information content (AvgIpc) is 2.62. The zero-order chi connectivity index (χ0) is 20.0. The molecule has 3 N–H and O–H groups in total. The molecule has 27 heavy (non-hydrogen) atoms. The van der Waals surface area contributed by atoms with E-state index < -0.39 is 28.0 Å². The second-order valence-corrected chi connectivity index (χ2v) is 7.84. The number of nitrogens with one attached hydrogen (secondary N) is 1. The van der Waals surface area contributed by atoms with Gasteiger partial charge in [0.25, 0.3) is 5.91 Å². The number of hydrogen-bond acceptors (Lipinski definition) is 5. The minimum Gasteiger partial charge on any atom is -0.447 e. The van der Waals surface area contributed by atoms with Crippen molar-refractivity contribution < 1.29 is 22.7 Å². The minimum atomic E-state index is -3.74. The second-order valence-electron chi connectivity index (χ2n) is 6.08. The maximum Gasteiger partial charge on any atom is 0.308 e. The molecule has 0 radical (unpaired) electrons. The summed E-state index contributed by atoms with van der Waals surface area (Å²) in [6.45, 7) is 3.55. The van der Waals surface area contributed by atoms with Gasteiger partial charge in [0.2, 0.25) is 16.1 Å². The van der Waals surface area contributed by atoms with E-state index in [2.05, 4.69) is 4.72 Å². The van der Waals surface area contributed by atoms with Crippen molar-refractivity contribution in [1.82, 2.24) is 4.72 Å². The molecule has 0 aliphatic rings. The smallest absolute Gasteiger partial charge is 0.308 e. The largest absolute Gasteiger partial charge is 0.447 e. The van der Waals surface area contributed by atoms with Crippen LogP contribution in [0.3, 0.4) is 0 Å². The van der Waals surface area contributed by atoms with Gasteiger partial charge in [-0.25, -0.2) is 13.1 Å². The molecule has 2 aromatic carbocycles. The first-order chi connectivity index (χ1) is 12.7. The van der Waals surface area contributed by atoms with Gasteiger partial charge in [0.1, 0.15) is 0 Å². The van der Waals surface area contributed by atoms with Crippen molar-refractivity contribution in [2.75, 3.05) is 6.54 Å². The third kappa shape index (κ3) is 5.63. The fraction of sp³-hybridized carbons (Fsp3) is 0.263. The fourth-order valence-electron chi connectivity index (χ4n) is 2.36. The Kier molecular flexibility index (Phi) is 6.70. The van der Waals surface area contributed by atoms with Crippen molar-refractivity contribution in [3.63, 3.8) is 0 Å². The van der Waals surface area contributed by atoms with Crippen molar-refractivity contribution >= 4 is 21.9 Å². The van der Waals surface area contributed by atoms with Crippen molar-refractivity contribution in [3.05, 3.63) is 65.2 Å². The first-order valence-electron chi connectivity index (χ1n) is 8.31. The Balaban J connectivity index is 1.94. The molecular formula is C19H22N2O5S. The Morgan fingerprint density at radius 3 is 2.33 bits per heavy atom. The monoisotopic (exact) mass is 390 g/mol. The highest BCUT2D eigenvalue weighted by Crippen LogP contribution is 2.18. The van der Waals surface area contributed by atoms with Gasteiger partial charge in [0, 0.05) is 12.1 Å². The standard InChI is InChI=1S/C19H22N2O5S/c1-13-8-9-16(12-14(13)2)27(24,25)21-11-10-17(22)26-18(19(20)23)15-6-4-3-5-7-15/h3-9,12,18,21H,10-11H2,1-2H3,(H2,20,23). The zero-order valence-electron chi connectivity index (χ0n) is 15.1. The van der Waals surface area contributed by atoms with Gasteiger partial charge in [-0.05, 0) is 37.1 Å². The van der Waals surface area contributed by atoms with Gasteiger partial charge in [-0.1, -0.05) is 36.4 Å². The molecule has 2 aromatic rings. The predicted molar refractivity (Wildman–Crippen MR) is 100 cm³/mol. The molecule has 7 nitrogen and oxygen atoms in total. The van der Waals surface area contributed by atoms with Gasteiger partial charge >= 0.3 is 5.97 Å². The number of sulfonamides is 1. The predicted octanol–water partition coefficient (Wildman–Crippen LogP) is 1.74. The number of hydrogen-bond donors (Lipinski definition) is 2. The Morgan fingerprint density at radius 2 is 1.74 bits per heavy atom. The normalized spacial score (nSPS) is 12.4. The van der Waals surface area contributed by atoms with Crippen molar-refractivity contribution in [1.29, 1.82) is 0 Å². The highest BCUT2D eigenvalue weighted by molar-refractivity contribution is 7.89. The van der Waals surface area contributed by atoms with Crippen LogP contribution in [0.2, 0.25) is 0 Å². The van der Waals surface area contributed by atoms with Gasteiger partial charge in [-0.3, -0.25) is 9.59 Å². The summed E-state index contributed by atoms with van der Waals surface area (Å²) in [7, 11) is -3.74. The van der Waals surface area contributed by atoms with Crippen LogP contribution in [-0.2, 0) is 24.3 Å². The lowest BCUT2D eigenvalue weighted by atomic mass is 10.1. The summed E-state index contributed by atoms with van der Waals surface area (Å²) in [6, 6.07) is 13.2. The molecule has 1 unspecified atom stereocenters. The first-order valence-corrected chi connectivity index (χ1v) is 9.79. The highest BCUT2D eigenvalue weighted by Gasteiger charge is 2.22. The van der Waals surface area contributed by atoms with Gasteiger partial charge in [-0.15, -0.1) is 0 Å². The van der Waals surface area contributed by atoms with Gasteiger partial charge in [0.05, 0.1) is 11.3 Å². The summed E-state index contributed by atoms with van der Waals surface area (Å²) < 4.78 is 32.0. The molecule has 2 rings (SSSR count). The molecule has 0 saturated heterocycles. The summed E-state index contributed by atoms with van der Waals surface area (Å²) >= 11 is 0. The summed E-state index contributed by atoms with van der Waals surface area (Å²) in [4.78, 5) is 23.7. The fourth-order valence-corrected chi connectivity index (χ4v) is 3.48. The molecule has 0 aliphatic carbocycles. The summed E-state index contributed by atoms with van der Waals surface area (Å²) in [5.41, 5.74) is 7.58. The van der Waals surface area contributed by atoms with Crippen molar-refractivity contribution in [2.24, 2.45) is 5.73 Å². The molecule has 0 fully saturated rings. The molecule has 8 heteroatoms. The van der Waals surface area contributed by atoms with E-state index in [0.29, 0.717) is 5.56 Å². The molecule has 0 bridgehead atoms. The maximum atomic E-state index is 12.3. The first kappa shape index (κ1) is 20.6. The number of esters is 1. The van der Waals surface area contributed by atoms with E-state index in [1.54, 1.807) is 42.5 Å². The Labute approximate surface area is 158 Å². The lowest BCUT2D eigenvalue weighted by Gasteiger charge is -2.15. The average molecular weight is 390 g/mol. The van der Waals surface area contributed by atoms with Crippen LogP contribution in [0.25, 0.3) is 0 Å². The van der Waals surface area contributed by atoms with Crippen molar-refractivity contribution in [3.8, 4) is 0 Å². The number of rotatable bonds is 8. The molecule has 0 aliphatic heterocycles. The molecule has 0 saturated carbocycles. The number of amides is 1. The number of primary amides is 1. The van der Waals surface area contributed by atoms with Crippen LogP contribution < -0.4 is 10.5 Å². The van der Waals surface area contributed by atoms with E-state index in [1.165, 1.54) is 6.07 Å². The number of nitrogens with two attached hydrogens (primary N) is 1. The number of benzene rings is 2. The SMILES string of the molecule is Cc1ccc(S(=O)(=O)NCCC(=O)OC(C(N)=O)c2ccccc2)cc1C. The molecule has 144 valence electrons. The quantitative estimate of drug-likeness (QED) is 0.666. The van der Waals surface area contributed by atoms with Gasteiger partial charge in [-0.2, -0.15) is 0 Å². The summed E-state index contributed by atoms with van der Waals surface area (Å²) in [5, 5.41) is 0. The maximum absolute atomic E-state index is 12.3. The summed E-state index contributed by atoms with van der Waals surface area (Å²) in [6.07, 6.45) is -1.45. The van der Waals surface area contributed by atoms with E-state index in [4.69, 9.17) is 10.5 Å². The topological polar surface area (TPSA) is 116 Å². The molecule has 1 amide bonds. The van der Waals surface area contributed by atoms with E-state index >= 15 is 0 Å². The lowest BCUT2D eigenvalue weighted by molar-refractivity contribution is -0.155. The Hall–Kier alpha value is -2.71. The van der Waals surface area contributed by atoms with Crippen LogP contribution in [-0.4, -0.2) is 26.8 Å². The van der Waals surface area contributed by atoms with Crippen LogP contribution in [0.5, 0.6) is 0 Å². The van der Waals surface area contributed by atoms with Crippen molar-refractivity contribution in [2.45, 2.75) is 31.3 Å². The molecule has 0 spiro atoms. The lowest BCUT2D eigenvalue weighted by Crippen LogP contribution is -2.29. The molecule has 0 aromatic heterocycles. The molecule has 1 atom stereocenters. The van der Waals surface area contributed by atoms with Crippen LogP contribution in [0.15, 0.2) is 53.4 Å². The highest BCUT2D eigenvalue weighted by atomic mass is 32.2. The summed E-state index contributed by atoms with van der Waals surface area (Å²) in [5.74, 6) is -1.53. The Bertz CT molecular complexity index is 926. The van der Waals surface area contributed by atoms with E-state index in [-0.39, 0.29) is 17.9 Å². The van der Waals surface area contributed by atoms with Crippen LogP contribution in [0.1, 0.15) is 29.2 Å². The van der Waals surface area contributed by atoms with Gasteiger partial charge in [0.15, 0.2) is 0 Å². The second kappa shape index (κ2) is 8.79. The zero-order valence-corrected chi connectivity index (χ0v) is 16.0. The van der Waals surface area contributed by atoms with Crippen LogP contribution in [0, 0.1) is 13.8 Å². The van der Waals surface area contributed by atoms with E-state index in [9.17, 15) is 18.0 Å². The number of carbonyl (C=O) groups excluding carboxylic acids is 2. The minimum absolute atomic E-state index is 0.123.